The van der Waals surface area contributed by atoms with Gasteiger partial charge in [0.1, 0.15) is 0 Å². The number of halogens is 1. The van der Waals surface area contributed by atoms with Crippen LogP contribution in [0.25, 0.3) is 0 Å². The predicted octanol–water partition coefficient (Wildman–Crippen LogP) is 4.31. The number of aryl methyl sites for hydroxylation is 2. The highest BCUT2D eigenvalue weighted by atomic mass is 79.9. The maximum atomic E-state index is 12.4. The summed E-state index contributed by atoms with van der Waals surface area (Å²) in [7, 11) is 0. The van der Waals surface area contributed by atoms with Gasteiger partial charge in [-0.25, -0.2) is 0 Å². The van der Waals surface area contributed by atoms with Gasteiger partial charge in [0.2, 0.25) is 5.91 Å². The number of nitrogens with one attached hydrogen (secondary N) is 1. The summed E-state index contributed by atoms with van der Waals surface area (Å²) < 4.78 is 0. The third-order valence-electron chi connectivity index (χ3n) is 4.69. The van der Waals surface area contributed by atoms with Crippen LogP contribution in [-0.4, -0.2) is 16.8 Å². The first-order chi connectivity index (χ1) is 9.94. The van der Waals surface area contributed by atoms with E-state index in [4.69, 9.17) is 0 Å². The minimum absolute atomic E-state index is 0.0471. The molecule has 3 heteroatoms. The Hall–Kier alpha value is -0.830. The lowest BCUT2D eigenvalue weighted by atomic mass is 9.77. The van der Waals surface area contributed by atoms with Gasteiger partial charge in [-0.1, -0.05) is 53.9 Å². The van der Waals surface area contributed by atoms with Crippen LogP contribution >= 0.6 is 15.9 Å². The van der Waals surface area contributed by atoms with E-state index in [9.17, 15) is 4.79 Å². The van der Waals surface area contributed by atoms with E-state index in [-0.39, 0.29) is 11.4 Å². The molecule has 1 amide bonds. The van der Waals surface area contributed by atoms with Crippen molar-refractivity contribution in [3.8, 4) is 0 Å². The topological polar surface area (TPSA) is 29.1 Å². The third-order valence-corrected chi connectivity index (χ3v) is 5.76. The first-order valence-corrected chi connectivity index (χ1v) is 8.99. The fraction of sp³-hybridized carbons (Fsp3) is 0.611. The molecular formula is C18H26BrNO. The highest BCUT2D eigenvalue weighted by Gasteiger charge is 2.35. The summed E-state index contributed by atoms with van der Waals surface area (Å²) in [6.45, 7) is 6.48. The quantitative estimate of drug-likeness (QED) is 0.804. The van der Waals surface area contributed by atoms with Gasteiger partial charge in [-0.05, 0) is 49.3 Å². The number of benzene rings is 1. The van der Waals surface area contributed by atoms with Crippen LogP contribution in [0.5, 0.6) is 0 Å². The van der Waals surface area contributed by atoms with E-state index in [1.807, 2.05) is 0 Å². The van der Waals surface area contributed by atoms with Crippen molar-refractivity contribution < 1.29 is 4.79 Å². The maximum Gasteiger partial charge on any atom is 0.224 e. The zero-order valence-corrected chi connectivity index (χ0v) is 14.9. The van der Waals surface area contributed by atoms with E-state index in [0.29, 0.717) is 12.3 Å². The van der Waals surface area contributed by atoms with Crippen LogP contribution in [0.3, 0.4) is 0 Å². The van der Waals surface area contributed by atoms with E-state index in [1.54, 1.807) is 0 Å². The molecule has 2 rings (SSSR count). The minimum Gasteiger partial charge on any atom is -0.350 e. The number of hydrogen-bond acceptors (Lipinski definition) is 1. The van der Waals surface area contributed by atoms with E-state index in [1.165, 1.54) is 24.0 Å². The average Bonchev–Trinajstić information content (AvgIpc) is 2.43. The fourth-order valence-electron chi connectivity index (χ4n) is 3.37. The lowest BCUT2D eigenvalue weighted by Crippen LogP contribution is -2.53. The number of rotatable bonds is 4. The summed E-state index contributed by atoms with van der Waals surface area (Å²) in [5.41, 5.74) is 3.58. The molecule has 1 N–H and O–H groups in total. The lowest BCUT2D eigenvalue weighted by Gasteiger charge is -2.39. The molecule has 0 bridgehead atoms. The second kappa shape index (κ2) is 6.95. The van der Waals surface area contributed by atoms with E-state index in [2.05, 4.69) is 60.2 Å². The SMILES string of the molecule is Cc1ccc(CC(=O)NC2(CBr)CCCC(C)C2)cc1C. The molecule has 0 spiro atoms. The first-order valence-electron chi connectivity index (χ1n) is 7.87. The van der Waals surface area contributed by atoms with E-state index < -0.39 is 0 Å². The number of alkyl halides is 1. The molecule has 21 heavy (non-hydrogen) atoms. The number of amides is 1. The zero-order valence-electron chi connectivity index (χ0n) is 13.3. The van der Waals surface area contributed by atoms with Crippen LogP contribution in [0.2, 0.25) is 0 Å². The van der Waals surface area contributed by atoms with Gasteiger partial charge >= 0.3 is 0 Å². The van der Waals surface area contributed by atoms with Crippen molar-refractivity contribution in [1.29, 1.82) is 0 Å². The Bertz CT molecular complexity index is 514. The van der Waals surface area contributed by atoms with E-state index >= 15 is 0 Å². The van der Waals surface area contributed by atoms with Crippen LogP contribution in [0.15, 0.2) is 18.2 Å². The number of carbonyl (C=O) groups is 1. The molecule has 1 aliphatic carbocycles. The van der Waals surface area contributed by atoms with Gasteiger partial charge in [-0.2, -0.15) is 0 Å². The molecule has 0 aliphatic heterocycles. The summed E-state index contributed by atoms with van der Waals surface area (Å²) in [5, 5.41) is 4.16. The molecule has 0 saturated heterocycles. The van der Waals surface area contributed by atoms with E-state index in [0.717, 1.165) is 23.7 Å². The van der Waals surface area contributed by atoms with Crippen LogP contribution in [0, 0.1) is 19.8 Å². The molecule has 116 valence electrons. The van der Waals surface area contributed by atoms with Gasteiger partial charge in [-0.15, -0.1) is 0 Å². The molecule has 2 unspecified atom stereocenters. The molecule has 2 nitrogen and oxygen atoms in total. The molecule has 0 radical (unpaired) electrons. The van der Waals surface area contributed by atoms with Gasteiger partial charge in [0, 0.05) is 10.9 Å². The smallest absolute Gasteiger partial charge is 0.224 e. The molecule has 1 fully saturated rings. The van der Waals surface area contributed by atoms with Crippen molar-refractivity contribution in [3.05, 3.63) is 34.9 Å². The Morgan fingerprint density at radius 1 is 1.38 bits per heavy atom. The molecule has 1 aromatic rings. The number of hydrogen-bond donors (Lipinski definition) is 1. The highest BCUT2D eigenvalue weighted by molar-refractivity contribution is 9.09. The third kappa shape index (κ3) is 4.32. The molecular weight excluding hydrogens is 326 g/mol. The van der Waals surface area contributed by atoms with Gasteiger partial charge < -0.3 is 5.32 Å². The Labute approximate surface area is 136 Å². The van der Waals surface area contributed by atoms with Gasteiger partial charge in [-0.3, -0.25) is 4.79 Å². The highest BCUT2D eigenvalue weighted by Crippen LogP contribution is 2.33. The van der Waals surface area contributed by atoms with Gasteiger partial charge in [0.05, 0.1) is 6.42 Å². The van der Waals surface area contributed by atoms with Gasteiger partial charge in [0.15, 0.2) is 0 Å². The van der Waals surface area contributed by atoms with Crippen molar-refractivity contribution in [2.75, 3.05) is 5.33 Å². The summed E-state index contributed by atoms with van der Waals surface area (Å²) in [6.07, 6.45) is 5.13. The van der Waals surface area contributed by atoms with Crippen LogP contribution in [0.4, 0.5) is 0 Å². The second-order valence-electron chi connectivity index (χ2n) is 6.76. The molecule has 1 saturated carbocycles. The Balaban J connectivity index is 2.01. The largest absolute Gasteiger partial charge is 0.350 e. The molecule has 0 aromatic heterocycles. The predicted molar refractivity (Wildman–Crippen MR) is 91.9 cm³/mol. The van der Waals surface area contributed by atoms with Crippen molar-refractivity contribution >= 4 is 21.8 Å². The summed E-state index contributed by atoms with van der Waals surface area (Å²) in [4.78, 5) is 12.4. The Morgan fingerprint density at radius 3 is 2.76 bits per heavy atom. The maximum absolute atomic E-state index is 12.4. The van der Waals surface area contributed by atoms with Crippen molar-refractivity contribution in [1.82, 2.24) is 5.32 Å². The zero-order chi connectivity index (χ0) is 15.5. The van der Waals surface area contributed by atoms with Crippen LogP contribution < -0.4 is 5.32 Å². The fourth-order valence-corrected chi connectivity index (χ4v) is 4.02. The van der Waals surface area contributed by atoms with Crippen molar-refractivity contribution in [2.45, 2.75) is 58.4 Å². The second-order valence-corrected chi connectivity index (χ2v) is 7.32. The normalized spacial score (nSPS) is 25.6. The van der Waals surface area contributed by atoms with Crippen molar-refractivity contribution in [2.24, 2.45) is 5.92 Å². The van der Waals surface area contributed by atoms with Crippen LogP contribution in [0.1, 0.15) is 49.3 Å². The summed E-state index contributed by atoms with van der Waals surface area (Å²) in [5.74, 6) is 0.838. The van der Waals surface area contributed by atoms with Crippen molar-refractivity contribution in [3.63, 3.8) is 0 Å². The lowest BCUT2D eigenvalue weighted by molar-refractivity contribution is -0.122. The summed E-state index contributed by atoms with van der Waals surface area (Å²) >= 11 is 3.62. The standard InChI is InChI=1S/C18H26BrNO/c1-13-5-4-8-18(11-13,12-19)20-17(21)10-16-7-6-14(2)15(3)9-16/h6-7,9,13H,4-5,8,10-12H2,1-3H3,(H,20,21). The molecule has 2 atom stereocenters. The number of carbonyl (C=O) groups excluding carboxylic acids is 1. The average molecular weight is 352 g/mol. The van der Waals surface area contributed by atoms with Crippen LogP contribution in [-0.2, 0) is 11.2 Å². The Kier molecular flexibility index (Phi) is 5.48. The molecule has 0 heterocycles. The van der Waals surface area contributed by atoms with Gasteiger partial charge in [0.25, 0.3) is 0 Å². The Morgan fingerprint density at radius 2 is 2.14 bits per heavy atom. The first kappa shape index (κ1) is 16.5. The minimum atomic E-state index is -0.0471. The summed E-state index contributed by atoms with van der Waals surface area (Å²) in [6, 6.07) is 6.28. The monoisotopic (exact) mass is 351 g/mol. The molecule has 1 aromatic carbocycles. The molecule has 1 aliphatic rings.